The molecule has 336 valence electrons. The highest BCUT2D eigenvalue weighted by Crippen LogP contribution is 2.51. The van der Waals surface area contributed by atoms with E-state index in [0.29, 0.717) is 19.3 Å². The average Bonchev–Trinajstić information content (AvgIpc) is 3.19. The van der Waals surface area contributed by atoms with Crippen molar-refractivity contribution >= 4 is 23.3 Å². The number of hydrogen-bond acceptors (Lipinski definition) is 13. The lowest BCUT2D eigenvalue weighted by atomic mass is 9.69. The van der Waals surface area contributed by atoms with Gasteiger partial charge < -0.3 is 44.8 Å². The predicted molar refractivity (Wildman–Crippen MR) is 221 cm³/mol. The number of aliphatic hydroxyl groups is 6. The smallest absolute Gasteiger partial charge is 0.330 e. The van der Waals surface area contributed by atoms with E-state index in [4.69, 9.17) is 14.2 Å². The molecule has 6 N–H and O–H groups in total. The van der Waals surface area contributed by atoms with Crippen molar-refractivity contribution in [3.05, 3.63) is 36.5 Å². The van der Waals surface area contributed by atoms with Crippen LogP contribution in [0.2, 0.25) is 0 Å². The summed E-state index contributed by atoms with van der Waals surface area (Å²) in [6, 6.07) is 0. The van der Waals surface area contributed by atoms with Crippen LogP contribution in [-0.2, 0) is 33.4 Å². The fourth-order valence-corrected chi connectivity index (χ4v) is 9.21. The predicted octanol–water partition coefficient (Wildman–Crippen LogP) is 4.57. The lowest BCUT2D eigenvalue weighted by molar-refractivity contribution is -0.393. The monoisotopic (exact) mass is 835 g/mol. The molecule has 0 radical (unpaired) electrons. The zero-order valence-electron chi connectivity index (χ0n) is 37.1. The molecule has 2 fully saturated rings. The SMILES string of the molecule is CC[C@@H]1/C=C/C=C/C[C@H](C)[C@@H](O)[C@](C)(O)C(=O)[C@H](C)[C@@H](O)[C@H](C)C(=O)[C@@H](C)[C@@H](O)[C@H](C)/C=C/C(=O)O[C@H]2[C@@H](C)[C@@H](CC1)O[C@]1(O[C@H](C[C@H](C)O)[C@H](C)CC1=O)[C@@]2(O)CC. The zero-order valence-corrected chi connectivity index (χ0v) is 37.1. The molecule has 0 aromatic rings. The van der Waals surface area contributed by atoms with Gasteiger partial charge in [-0.15, -0.1) is 0 Å². The molecular weight excluding hydrogens is 760 g/mol. The number of rotatable bonds is 4. The minimum atomic E-state index is -2.23. The van der Waals surface area contributed by atoms with Crippen LogP contribution in [0.3, 0.4) is 0 Å². The van der Waals surface area contributed by atoms with E-state index in [-0.39, 0.29) is 31.1 Å². The van der Waals surface area contributed by atoms with E-state index in [2.05, 4.69) is 0 Å². The number of allylic oxidation sites excluding steroid dienone is 4. The average molecular weight is 835 g/mol. The molecule has 2 bridgehead atoms. The summed E-state index contributed by atoms with van der Waals surface area (Å²) in [5, 5.41) is 67.7. The van der Waals surface area contributed by atoms with Gasteiger partial charge in [-0.25, -0.2) is 4.79 Å². The van der Waals surface area contributed by atoms with Crippen molar-refractivity contribution in [2.45, 2.75) is 181 Å². The summed E-state index contributed by atoms with van der Waals surface area (Å²) < 4.78 is 19.3. The summed E-state index contributed by atoms with van der Waals surface area (Å²) in [5.41, 5.74) is -4.34. The number of fused-ring (bicyclic) bond motifs is 2. The van der Waals surface area contributed by atoms with Gasteiger partial charge in [-0.2, -0.15) is 0 Å². The van der Waals surface area contributed by atoms with Crippen molar-refractivity contribution in [2.75, 3.05) is 0 Å². The summed E-state index contributed by atoms with van der Waals surface area (Å²) in [6.45, 7) is 17.8. The van der Waals surface area contributed by atoms with Crippen molar-refractivity contribution in [3.8, 4) is 0 Å². The first-order valence-corrected chi connectivity index (χ1v) is 21.8. The van der Waals surface area contributed by atoms with E-state index in [0.717, 1.165) is 12.5 Å². The van der Waals surface area contributed by atoms with Crippen molar-refractivity contribution in [3.63, 3.8) is 0 Å². The second kappa shape index (κ2) is 21.0. The second-order valence-electron chi connectivity index (χ2n) is 18.3. The van der Waals surface area contributed by atoms with Crippen LogP contribution in [0.15, 0.2) is 36.5 Å². The van der Waals surface area contributed by atoms with Crippen LogP contribution >= 0.6 is 0 Å². The lowest BCUT2D eigenvalue weighted by Gasteiger charge is -2.58. The van der Waals surface area contributed by atoms with Gasteiger partial charge in [0.15, 0.2) is 17.2 Å². The Balaban J connectivity index is 2.09. The first-order valence-electron chi connectivity index (χ1n) is 21.8. The number of aliphatic hydroxyl groups excluding tert-OH is 4. The molecule has 0 aromatic heterocycles. The van der Waals surface area contributed by atoms with E-state index in [1.807, 2.05) is 38.2 Å². The van der Waals surface area contributed by atoms with Crippen LogP contribution in [0.5, 0.6) is 0 Å². The summed E-state index contributed by atoms with van der Waals surface area (Å²) >= 11 is 0. The quantitative estimate of drug-likeness (QED) is 0.214. The number of ketones is 3. The Morgan fingerprint density at radius 2 is 1.46 bits per heavy atom. The third kappa shape index (κ3) is 11.1. The van der Waals surface area contributed by atoms with E-state index >= 15 is 0 Å². The normalized spacial score (nSPS) is 46.3. The first kappa shape index (κ1) is 50.7. The Bertz CT molecular complexity index is 1540. The van der Waals surface area contributed by atoms with Crippen molar-refractivity contribution in [1.82, 2.24) is 0 Å². The third-order valence-electron chi connectivity index (χ3n) is 13.6. The molecule has 3 aliphatic heterocycles. The molecule has 13 nitrogen and oxygen atoms in total. The number of hydrogen-bond donors (Lipinski definition) is 6. The molecular formula is C46H74O13. The topological polar surface area (TPSA) is 217 Å². The third-order valence-corrected chi connectivity index (χ3v) is 13.6. The molecule has 1 spiro atoms. The van der Waals surface area contributed by atoms with Gasteiger partial charge in [0, 0.05) is 42.1 Å². The molecule has 18 atom stereocenters. The van der Waals surface area contributed by atoms with Gasteiger partial charge in [0.2, 0.25) is 0 Å². The number of carbonyl (C=O) groups is 4. The molecule has 0 unspecified atom stereocenters. The van der Waals surface area contributed by atoms with Gasteiger partial charge in [-0.3, -0.25) is 14.4 Å². The summed E-state index contributed by atoms with van der Waals surface area (Å²) in [6.07, 6.45) is 4.55. The zero-order chi connectivity index (χ0) is 44.8. The molecule has 0 saturated carbocycles. The van der Waals surface area contributed by atoms with Gasteiger partial charge in [-0.05, 0) is 70.1 Å². The molecule has 59 heavy (non-hydrogen) atoms. The largest absolute Gasteiger partial charge is 0.456 e. The van der Waals surface area contributed by atoms with Gasteiger partial charge in [0.05, 0.1) is 36.6 Å². The molecule has 2 saturated heterocycles. The number of Topliss-reactive ketones (excluding diaryl/α,β-unsaturated/α-hetero) is 3. The van der Waals surface area contributed by atoms with E-state index in [1.54, 1.807) is 34.6 Å². The van der Waals surface area contributed by atoms with Gasteiger partial charge in [0.1, 0.15) is 17.5 Å². The van der Waals surface area contributed by atoms with E-state index in [9.17, 15) is 49.8 Å². The number of carbonyl (C=O) groups excluding carboxylic acids is 4. The maximum Gasteiger partial charge on any atom is 0.330 e. The highest BCUT2D eigenvalue weighted by Gasteiger charge is 2.70. The van der Waals surface area contributed by atoms with Crippen LogP contribution in [-0.4, -0.2) is 114 Å². The van der Waals surface area contributed by atoms with Crippen molar-refractivity contribution in [1.29, 1.82) is 0 Å². The van der Waals surface area contributed by atoms with Crippen LogP contribution in [0.1, 0.15) is 121 Å². The van der Waals surface area contributed by atoms with Crippen LogP contribution in [0.4, 0.5) is 0 Å². The van der Waals surface area contributed by atoms with Crippen molar-refractivity contribution in [2.24, 2.45) is 47.3 Å². The molecule has 0 aliphatic carbocycles. The Labute approximate surface area is 351 Å². The van der Waals surface area contributed by atoms with Crippen LogP contribution < -0.4 is 0 Å². The van der Waals surface area contributed by atoms with E-state index < -0.39 is 119 Å². The molecule has 0 aromatic carbocycles. The van der Waals surface area contributed by atoms with Gasteiger partial charge in [-0.1, -0.05) is 92.7 Å². The highest BCUT2D eigenvalue weighted by molar-refractivity contribution is 5.91. The lowest BCUT2D eigenvalue weighted by Crippen LogP contribution is -2.76. The van der Waals surface area contributed by atoms with E-state index in [1.165, 1.54) is 33.8 Å². The fraction of sp³-hybridized carbons (Fsp3) is 0.783. The van der Waals surface area contributed by atoms with Gasteiger partial charge in [0.25, 0.3) is 5.79 Å². The summed E-state index contributed by atoms with van der Waals surface area (Å²) in [7, 11) is 0. The maximum absolute atomic E-state index is 14.2. The number of esters is 1. The van der Waals surface area contributed by atoms with Gasteiger partial charge >= 0.3 is 5.97 Å². The first-order chi connectivity index (χ1) is 27.4. The minimum absolute atomic E-state index is 0.0123. The standard InChI is InChI=1S/C46H74O13/c1-12-33-18-16-14-15-17-26(4)41(53)44(11,55)42(54)32(10)40(52)31(9)39(51)30(8)38(50)25(3)19-22-37(49)57-43-29(7)34(21-20-33)58-46(45(43,56)13-2)36(48)23-27(5)35(59-46)24-28(6)47/h14-16,18-19,22,25-35,38,40-41,43,47,50,52-53,55-56H,12-13,17,20-21,23-24H2,1-11H3/b15-14+,18-16+,22-19+/t25-,26+,27-,28+,29+,30+,31-,32-,33-,34-,35-,38+,40+,41-,43+,44+,45-,46-/m1/s1. The molecule has 3 rings (SSSR count). The van der Waals surface area contributed by atoms with Crippen LogP contribution in [0.25, 0.3) is 0 Å². The summed E-state index contributed by atoms with van der Waals surface area (Å²) in [5.74, 6) is -10.5. The Kier molecular flexibility index (Phi) is 18.0. The molecule has 0 amide bonds. The number of ether oxygens (including phenoxy) is 3. The Morgan fingerprint density at radius 1 is 0.831 bits per heavy atom. The molecule has 3 heterocycles. The fourth-order valence-electron chi connectivity index (χ4n) is 9.21. The highest BCUT2D eigenvalue weighted by atomic mass is 16.7. The van der Waals surface area contributed by atoms with Crippen molar-refractivity contribution < 1.29 is 64.0 Å². The Hall–Kier alpha value is -2.62. The molecule has 13 heteroatoms. The minimum Gasteiger partial charge on any atom is -0.456 e. The molecule has 3 aliphatic rings. The summed E-state index contributed by atoms with van der Waals surface area (Å²) in [4.78, 5) is 54.9. The maximum atomic E-state index is 14.2. The second-order valence-corrected chi connectivity index (χ2v) is 18.3. The Morgan fingerprint density at radius 3 is 2.05 bits per heavy atom. The van der Waals surface area contributed by atoms with Crippen LogP contribution in [0, 0.1) is 47.3 Å².